The molecular formula is C23H18F2N4O2S2. The molecule has 168 valence electrons. The number of hydrogen-bond acceptors (Lipinski definition) is 7. The number of benzene rings is 2. The topological polar surface area (TPSA) is 77.0 Å². The number of anilines is 1. The number of nitrogens with one attached hydrogen (secondary N) is 1. The monoisotopic (exact) mass is 484 g/mol. The Kier molecular flexibility index (Phi) is 6.95. The highest BCUT2D eigenvalue weighted by molar-refractivity contribution is 7.99. The Labute approximate surface area is 197 Å². The van der Waals surface area contributed by atoms with Gasteiger partial charge in [-0.25, -0.2) is 13.8 Å². The molecule has 0 aliphatic carbocycles. The van der Waals surface area contributed by atoms with E-state index in [-0.39, 0.29) is 17.3 Å². The van der Waals surface area contributed by atoms with Crippen molar-refractivity contribution < 1.29 is 18.3 Å². The van der Waals surface area contributed by atoms with Gasteiger partial charge in [0.2, 0.25) is 5.91 Å². The Bertz CT molecular complexity index is 1300. The van der Waals surface area contributed by atoms with E-state index in [0.29, 0.717) is 10.7 Å². The number of hydrogen-bond donors (Lipinski definition) is 1. The van der Waals surface area contributed by atoms with Crippen molar-refractivity contribution in [2.75, 3.05) is 18.2 Å². The third kappa shape index (κ3) is 5.52. The van der Waals surface area contributed by atoms with Crippen LogP contribution in [0.1, 0.15) is 5.69 Å². The van der Waals surface area contributed by atoms with E-state index in [2.05, 4.69) is 20.5 Å². The predicted molar refractivity (Wildman–Crippen MR) is 126 cm³/mol. The van der Waals surface area contributed by atoms with Crippen LogP contribution in [0.25, 0.3) is 21.1 Å². The van der Waals surface area contributed by atoms with E-state index < -0.39 is 11.6 Å². The molecule has 1 N–H and O–H groups in total. The van der Waals surface area contributed by atoms with Crippen molar-refractivity contribution in [1.82, 2.24) is 15.2 Å². The summed E-state index contributed by atoms with van der Waals surface area (Å²) in [5, 5.41) is 12.4. The Morgan fingerprint density at radius 1 is 1.09 bits per heavy atom. The number of thiazole rings is 1. The van der Waals surface area contributed by atoms with Crippen LogP contribution in [-0.2, 0) is 4.79 Å². The Morgan fingerprint density at radius 2 is 1.94 bits per heavy atom. The van der Waals surface area contributed by atoms with Crippen LogP contribution < -0.4 is 10.1 Å². The first-order valence-electron chi connectivity index (χ1n) is 9.76. The molecule has 0 aliphatic heterocycles. The van der Waals surface area contributed by atoms with Crippen molar-refractivity contribution in [3.05, 3.63) is 71.9 Å². The molecule has 0 radical (unpaired) electrons. The Hall–Kier alpha value is -3.37. The van der Waals surface area contributed by atoms with E-state index in [1.165, 1.54) is 29.2 Å². The van der Waals surface area contributed by atoms with Crippen LogP contribution in [0.15, 0.2) is 59.6 Å². The summed E-state index contributed by atoms with van der Waals surface area (Å²) in [4.78, 5) is 17.6. The predicted octanol–water partition coefficient (Wildman–Crippen LogP) is 5.59. The van der Waals surface area contributed by atoms with Gasteiger partial charge in [0, 0.05) is 17.3 Å². The summed E-state index contributed by atoms with van der Waals surface area (Å²) in [6.07, 6.45) is 0. The van der Waals surface area contributed by atoms with Gasteiger partial charge in [0.15, 0.2) is 11.6 Å². The van der Waals surface area contributed by atoms with Crippen LogP contribution in [0.4, 0.5) is 14.5 Å². The van der Waals surface area contributed by atoms with Gasteiger partial charge in [0.1, 0.15) is 21.5 Å². The van der Waals surface area contributed by atoms with E-state index in [9.17, 15) is 13.6 Å². The lowest BCUT2D eigenvalue weighted by Gasteiger charge is -2.05. The number of carbonyl (C=O) groups is 1. The van der Waals surface area contributed by atoms with Crippen molar-refractivity contribution in [3.63, 3.8) is 0 Å². The van der Waals surface area contributed by atoms with Gasteiger partial charge in [0.25, 0.3) is 0 Å². The molecule has 0 atom stereocenters. The lowest BCUT2D eigenvalue weighted by molar-refractivity contribution is -0.113. The summed E-state index contributed by atoms with van der Waals surface area (Å²) >= 11 is 2.70. The largest absolute Gasteiger partial charge is 0.497 e. The molecule has 2 aromatic carbocycles. The number of amides is 1. The first-order chi connectivity index (χ1) is 15.9. The summed E-state index contributed by atoms with van der Waals surface area (Å²) < 4.78 is 31.5. The summed E-state index contributed by atoms with van der Waals surface area (Å²) in [7, 11) is 1.62. The highest BCUT2D eigenvalue weighted by atomic mass is 32.2. The zero-order valence-electron chi connectivity index (χ0n) is 17.6. The van der Waals surface area contributed by atoms with Crippen LogP contribution in [0.3, 0.4) is 0 Å². The number of ether oxygens (including phenoxy) is 1. The number of methoxy groups -OCH3 is 1. The highest BCUT2D eigenvalue weighted by Crippen LogP contribution is 2.35. The van der Waals surface area contributed by atoms with Crippen molar-refractivity contribution in [1.29, 1.82) is 0 Å². The lowest BCUT2D eigenvalue weighted by Crippen LogP contribution is -2.14. The number of carbonyl (C=O) groups excluding carboxylic acids is 1. The standard InChI is InChI=1S/C23H18F2N4O2S2/c1-13-22(33-23(26-13)14-4-3-5-16(10-14)31-2)19-8-9-21(29-28-19)32-12-20(30)27-15-6-7-17(24)18(25)11-15/h3-11H,12H2,1-2H3,(H,27,30). The van der Waals surface area contributed by atoms with Crippen LogP contribution in [0, 0.1) is 18.6 Å². The molecule has 33 heavy (non-hydrogen) atoms. The van der Waals surface area contributed by atoms with Crippen molar-refractivity contribution in [2.45, 2.75) is 11.9 Å². The number of aryl methyl sites for hydroxylation is 1. The van der Waals surface area contributed by atoms with Crippen LogP contribution in [0.5, 0.6) is 5.75 Å². The van der Waals surface area contributed by atoms with Crippen molar-refractivity contribution in [2.24, 2.45) is 0 Å². The number of aromatic nitrogens is 3. The van der Waals surface area contributed by atoms with E-state index in [4.69, 9.17) is 4.74 Å². The molecule has 0 unspecified atom stereocenters. The molecule has 10 heteroatoms. The molecule has 4 rings (SSSR count). The molecule has 0 saturated heterocycles. The molecular weight excluding hydrogens is 466 g/mol. The second kappa shape index (κ2) is 10.1. The molecule has 0 saturated carbocycles. The van der Waals surface area contributed by atoms with Gasteiger partial charge in [-0.1, -0.05) is 23.9 Å². The maximum Gasteiger partial charge on any atom is 0.234 e. The average Bonchev–Trinajstić information content (AvgIpc) is 3.22. The molecule has 4 aromatic rings. The Balaban J connectivity index is 1.40. The van der Waals surface area contributed by atoms with Crippen molar-refractivity contribution in [3.8, 4) is 26.9 Å². The fourth-order valence-corrected chi connectivity index (χ4v) is 4.58. The van der Waals surface area contributed by atoms with Gasteiger partial charge in [0.05, 0.1) is 23.4 Å². The minimum atomic E-state index is -1.02. The molecule has 6 nitrogen and oxygen atoms in total. The average molecular weight is 485 g/mol. The van der Waals surface area contributed by atoms with Crippen LogP contribution in [0.2, 0.25) is 0 Å². The molecule has 0 spiro atoms. The van der Waals surface area contributed by atoms with Gasteiger partial charge in [-0.3, -0.25) is 4.79 Å². The number of nitrogens with zero attached hydrogens (tertiary/aromatic N) is 3. The molecule has 0 fully saturated rings. The molecule has 2 heterocycles. The fourth-order valence-electron chi connectivity index (χ4n) is 2.94. The van der Waals surface area contributed by atoms with Gasteiger partial charge >= 0.3 is 0 Å². The van der Waals surface area contributed by atoms with Crippen molar-refractivity contribution >= 4 is 34.7 Å². The van der Waals surface area contributed by atoms with E-state index in [0.717, 1.165) is 39.0 Å². The van der Waals surface area contributed by atoms with E-state index in [1.54, 1.807) is 13.2 Å². The maximum atomic E-state index is 13.3. The molecule has 2 aromatic heterocycles. The third-order valence-electron chi connectivity index (χ3n) is 4.54. The minimum Gasteiger partial charge on any atom is -0.497 e. The van der Waals surface area contributed by atoms with Gasteiger partial charge in [-0.2, -0.15) is 0 Å². The maximum absolute atomic E-state index is 13.3. The van der Waals surface area contributed by atoms with Gasteiger partial charge < -0.3 is 10.1 Å². The summed E-state index contributed by atoms with van der Waals surface area (Å²) in [5.41, 5.74) is 2.68. The summed E-state index contributed by atoms with van der Waals surface area (Å²) in [6, 6.07) is 14.5. The first kappa shape index (κ1) is 22.8. The number of halogens is 2. The highest BCUT2D eigenvalue weighted by Gasteiger charge is 2.14. The summed E-state index contributed by atoms with van der Waals surface area (Å²) in [5.74, 6) is -1.54. The smallest absolute Gasteiger partial charge is 0.234 e. The SMILES string of the molecule is COc1cccc(-c2nc(C)c(-c3ccc(SCC(=O)Nc4ccc(F)c(F)c4)nn3)s2)c1. The zero-order chi connectivity index (χ0) is 23.4. The Morgan fingerprint density at radius 3 is 2.67 bits per heavy atom. The van der Waals surface area contributed by atoms with Gasteiger partial charge in [-0.15, -0.1) is 21.5 Å². The fraction of sp³-hybridized carbons (Fsp3) is 0.130. The second-order valence-electron chi connectivity index (χ2n) is 6.89. The first-order valence-corrected chi connectivity index (χ1v) is 11.6. The third-order valence-corrected chi connectivity index (χ3v) is 6.69. The van der Waals surface area contributed by atoms with E-state index >= 15 is 0 Å². The van der Waals surface area contributed by atoms with Crippen LogP contribution in [-0.4, -0.2) is 34.0 Å². The quantitative estimate of drug-likeness (QED) is 0.345. The zero-order valence-corrected chi connectivity index (χ0v) is 19.3. The number of thioether (sulfide) groups is 1. The lowest BCUT2D eigenvalue weighted by atomic mass is 10.2. The normalized spacial score (nSPS) is 10.8. The van der Waals surface area contributed by atoms with Crippen LogP contribution >= 0.6 is 23.1 Å². The minimum absolute atomic E-state index is 0.0482. The molecule has 0 bridgehead atoms. The van der Waals surface area contributed by atoms with Gasteiger partial charge in [-0.05, 0) is 43.3 Å². The molecule has 1 amide bonds. The number of rotatable bonds is 7. The van der Waals surface area contributed by atoms with E-state index in [1.807, 2.05) is 37.3 Å². The summed E-state index contributed by atoms with van der Waals surface area (Å²) in [6.45, 7) is 1.92. The second-order valence-corrected chi connectivity index (χ2v) is 8.88. The molecule has 0 aliphatic rings.